The highest BCUT2D eigenvalue weighted by atomic mass is 16.2. The zero-order valence-corrected chi connectivity index (χ0v) is 10.8. The summed E-state index contributed by atoms with van der Waals surface area (Å²) in [5.41, 5.74) is 6.67. The molecule has 0 bridgehead atoms. The van der Waals surface area contributed by atoms with E-state index in [0.29, 0.717) is 12.0 Å². The number of nitrogens with zero attached hydrogens (tertiary/aromatic N) is 1. The molecule has 2 amide bonds. The first-order valence-electron chi connectivity index (χ1n) is 6.21. The van der Waals surface area contributed by atoms with E-state index >= 15 is 0 Å². The first-order valence-corrected chi connectivity index (χ1v) is 6.21. The number of benzene rings is 1. The number of nitrogens with one attached hydrogen (secondary N) is 1. The van der Waals surface area contributed by atoms with Crippen molar-refractivity contribution in [3.63, 3.8) is 0 Å². The molecule has 1 atom stereocenters. The molecule has 0 saturated carbocycles. The zero-order chi connectivity index (χ0) is 14.4. The fraction of sp³-hybridized carbons (Fsp3) is 0.133. The Bertz CT molecular complexity index is 585. The van der Waals surface area contributed by atoms with Crippen LogP contribution < -0.4 is 11.1 Å². The molecule has 0 fully saturated rings. The monoisotopic (exact) mass is 269 g/mol. The van der Waals surface area contributed by atoms with Crippen LogP contribution in [0.15, 0.2) is 54.9 Å². The maximum absolute atomic E-state index is 12.0. The Balaban J connectivity index is 2.07. The van der Waals surface area contributed by atoms with Gasteiger partial charge in [0.05, 0.1) is 5.56 Å². The molecule has 1 aromatic carbocycles. The maximum atomic E-state index is 12.0. The lowest BCUT2D eigenvalue weighted by atomic mass is 10.1. The van der Waals surface area contributed by atoms with Gasteiger partial charge < -0.3 is 11.1 Å². The van der Waals surface area contributed by atoms with Crippen LogP contribution in [0.25, 0.3) is 0 Å². The average molecular weight is 269 g/mol. The van der Waals surface area contributed by atoms with Crippen molar-refractivity contribution in [3.05, 3.63) is 66.0 Å². The fourth-order valence-corrected chi connectivity index (χ4v) is 1.81. The van der Waals surface area contributed by atoms with Crippen molar-refractivity contribution in [3.8, 4) is 0 Å². The minimum atomic E-state index is -0.745. The van der Waals surface area contributed by atoms with Gasteiger partial charge in [0, 0.05) is 18.8 Å². The summed E-state index contributed by atoms with van der Waals surface area (Å²) in [5, 5.41) is 2.63. The Kier molecular flexibility index (Phi) is 4.44. The molecule has 0 spiro atoms. The molecule has 5 nitrogen and oxygen atoms in total. The highest BCUT2D eigenvalue weighted by molar-refractivity contribution is 5.97. The lowest BCUT2D eigenvalue weighted by Crippen LogP contribution is -2.45. The third-order valence-electron chi connectivity index (χ3n) is 2.86. The minimum absolute atomic E-state index is 0.363. The van der Waals surface area contributed by atoms with Crippen LogP contribution in [-0.4, -0.2) is 22.8 Å². The molecule has 1 aromatic heterocycles. The quantitative estimate of drug-likeness (QED) is 0.846. The first-order chi connectivity index (χ1) is 9.66. The van der Waals surface area contributed by atoms with E-state index in [1.807, 2.05) is 30.3 Å². The van der Waals surface area contributed by atoms with E-state index in [-0.39, 0.29) is 5.91 Å². The number of nitrogens with two attached hydrogens (primary N) is 1. The van der Waals surface area contributed by atoms with Crippen LogP contribution in [0.3, 0.4) is 0 Å². The molecule has 102 valence electrons. The van der Waals surface area contributed by atoms with Crippen LogP contribution in [-0.2, 0) is 11.2 Å². The van der Waals surface area contributed by atoms with Gasteiger partial charge in [-0.3, -0.25) is 14.6 Å². The molecular formula is C15H15N3O2. The van der Waals surface area contributed by atoms with Gasteiger partial charge in [0.1, 0.15) is 6.04 Å². The van der Waals surface area contributed by atoms with Crippen molar-refractivity contribution in [1.29, 1.82) is 0 Å². The van der Waals surface area contributed by atoms with Gasteiger partial charge in [0.2, 0.25) is 5.91 Å². The normalized spacial score (nSPS) is 11.6. The molecular weight excluding hydrogens is 254 g/mol. The third kappa shape index (κ3) is 3.65. The molecule has 2 aromatic rings. The lowest BCUT2D eigenvalue weighted by molar-refractivity contribution is -0.119. The topological polar surface area (TPSA) is 85.1 Å². The number of carbonyl (C=O) groups is 2. The predicted molar refractivity (Wildman–Crippen MR) is 74.8 cm³/mol. The van der Waals surface area contributed by atoms with Crippen LogP contribution in [0.1, 0.15) is 15.9 Å². The van der Waals surface area contributed by atoms with Crippen LogP contribution in [0.2, 0.25) is 0 Å². The SMILES string of the molecule is NC(=O)[C@@H](Cc1ccccc1)NC(=O)c1cccnc1. The number of hydrogen-bond acceptors (Lipinski definition) is 3. The number of hydrogen-bond donors (Lipinski definition) is 2. The van der Waals surface area contributed by atoms with Gasteiger partial charge in [-0.1, -0.05) is 30.3 Å². The molecule has 5 heteroatoms. The molecule has 0 unspecified atom stereocenters. The van der Waals surface area contributed by atoms with Gasteiger partial charge in [-0.15, -0.1) is 0 Å². The predicted octanol–water partition coefficient (Wildman–Crippen LogP) is 0.908. The highest BCUT2D eigenvalue weighted by Crippen LogP contribution is 2.04. The van der Waals surface area contributed by atoms with Gasteiger partial charge in [-0.05, 0) is 17.7 Å². The minimum Gasteiger partial charge on any atom is -0.368 e. The molecule has 3 N–H and O–H groups in total. The van der Waals surface area contributed by atoms with Gasteiger partial charge in [-0.25, -0.2) is 0 Å². The van der Waals surface area contributed by atoms with Crippen molar-refractivity contribution in [1.82, 2.24) is 10.3 Å². The molecule has 0 aliphatic carbocycles. The summed E-state index contributed by atoms with van der Waals surface area (Å²) < 4.78 is 0. The second-order valence-corrected chi connectivity index (χ2v) is 4.36. The molecule has 0 saturated heterocycles. The van der Waals surface area contributed by atoms with Crippen molar-refractivity contribution >= 4 is 11.8 Å². The Labute approximate surface area is 116 Å². The Hall–Kier alpha value is -2.69. The van der Waals surface area contributed by atoms with Crippen molar-refractivity contribution in [2.45, 2.75) is 12.5 Å². The number of carbonyl (C=O) groups excluding carboxylic acids is 2. The van der Waals surface area contributed by atoms with Crippen LogP contribution in [0.4, 0.5) is 0 Å². The zero-order valence-electron chi connectivity index (χ0n) is 10.8. The summed E-state index contributed by atoms with van der Waals surface area (Å²) in [4.78, 5) is 27.3. The summed E-state index contributed by atoms with van der Waals surface area (Å²) in [6, 6.07) is 11.9. The van der Waals surface area contributed by atoms with E-state index in [0.717, 1.165) is 5.56 Å². The molecule has 0 aliphatic rings. The fourth-order valence-electron chi connectivity index (χ4n) is 1.81. The summed E-state index contributed by atoms with van der Waals surface area (Å²) in [7, 11) is 0. The summed E-state index contributed by atoms with van der Waals surface area (Å²) in [6.45, 7) is 0. The first kappa shape index (κ1) is 13.7. The second-order valence-electron chi connectivity index (χ2n) is 4.36. The molecule has 1 heterocycles. The van der Waals surface area contributed by atoms with Crippen LogP contribution in [0.5, 0.6) is 0 Å². The van der Waals surface area contributed by atoms with E-state index in [1.54, 1.807) is 18.3 Å². The number of amides is 2. The van der Waals surface area contributed by atoms with Gasteiger partial charge >= 0.3 is 0 Å². The molecule has 0 aliphatic heterocycles. The van der Waals surface area contributed by atoms with Gasteiger partial charge in [-0.2, -0.15) is 0 Å². The number of pyridine rings is 1. The van der Waals surface area contributed by atoms with E-state index in [4.69, 9.17) is 5.73 Å². The Morgan fingerprint density at radius 2 is 1.90 bits per heavy atom. The Morgan fingerprint density at radius 1 is 1.15 bits per heavy atom. The number of primary amides is 1. The Morgan fingerprint density at radius 3 is 2.50 bits per heavy atom. The standard InChI is InChI=1S/C15H15N3O2/c16-14(19)13(9-11-5-2-1-3-6-11)18-15(20)12-7-4-8-17-10-12/h1-8,10,13H,9H2,(H2,16,19)(H,18,20)/t13-/m1/s1. The van der Waals surface area contributed by atoms with Gasteiger partial charge in [0.25, 0.3) is 5.91 Å². The van der Waals surface area contributed by atoms with E-state index in [1.165, 1.54) is 6.20 Å². The molecule has 0 radical (unpaired) electrons. The third-order valence-corrected chi connectivity index (χ3v) is 2.86. The van der Waals surface area contributed by atoms with Crippen LogP contribution in [0, 0.1) is 0 Å². The average Bonchev–Trinajstić information content (AvgIpc) is 2.48. The van der Waals surface area contributed by atoms with Gasteiger partial charge in [0.15, 0.2) is 0 Å². The highest BCUT2D eigenvalue weighted by Gasteiger charge is 2.19. The van der Waals surface area contributed by atoms with E-state index in [9.17, 15) is 9.59 Å². The van der Waals surface area contributed by atoms with Crippen LogP contribution >= 0.6 is 0 Å². The number of rotatable bonds is 5. The second kappa shape index (κ2) is 6.47. The van der Waals surface area contributed by atoms with Crippen molar-refractivity contribution in [2.75, 3.05) is 0 Å². The smallest absolute Gasteiger partial charge is 0.253 e. The van der Waals surface area contributed by atoms with Crippen molar-refractivity contribution < 1.29 is 9.59 Å². The maximum Gasteiger partial charge on any atom is 0.253 e. The summed E-state index contributed by atoms with van der Waals surface area (Å²) >= 11 is 0. The molecule has 20 heavy (non-hydrogen) atoms. The molecule has 2 rings (SSSR count). The van der Waals surface area contributed by atoms with Crippen molar-refractivity contribution in [2.24, 2.45) is 5.73 Å². The summed E-state index contributed by atoms with van der Waals surface area (Å²) in [5.74, 6) is -0.927. The largest absolute Gasteiger partial charge is 0.368 e. The summed E-state index contributed by atoms with van der Waals surface area (Å²) in [6.07, 6.45) is 3.38. The lowest BCUT2D eigenvalue weighted by Gasteiger charge is -2.15. The van der Waals surface area contributed by atoms with E-state index in [2.05, 4.69) is 10.3 Å². The van der Waals surface area contributed by atoms with E-state index < -0.39 is 11.9 Å². The number of aromatic nitrogens is 1.